The van der Waals surface area contributed by atoms with Crippen molar-refractivity contribution in [3.8, 4) is 0 Å². The van der Waals surface area contributed by atoms with Crippen molar-refractivity contribution in [3.63, 3.8) is 0 Å². The summed E-state index contributed by atoms with van der Waals surface area (Å²) >= 11 is 0. The molecule has 0 amide bonds. The first-order chi connectivity index (χ1) is 3.22. The topological polar surface area (TPSA) is 17.1 Å². The Labute approximate surface area is 43.7 Å². The summed E-state index contributed by atoms with van der Waals surface area (Å²) in [7, 11) is 0. The molecule has 0 bridgehead atoms. The highest BCUT2D eigenvalue weighted by Gasteiger charge is 2.36. The Bertz CT molecular complexity index is 94.4. The summed E-state index contributed by atoms with van der Waals surface area (Å²) in [4.78, 5) is 10.3. The second kappa shape index (κ2) is 1.32. The first kappa shape index (κ1) is 4.82. The molecule has 1 saturated carbocycles. The third-order valence-electron chi connectivity index (χ3n) is 1.48. The number of carbonyl (C=O) groups excluding carboxylic acids is 1. The van der Waals surface area contributed by atoms with Gasteiger partial charge in [0.05, 0.1) is 0 Å². The van der Waals surface area contributed by atoms with Gasteiger partial charge in [-0.1, -0.05) is 13.8 Å². The zero-order valence-electron chi connectivity index (χ0n) is 4.77. The standard InChI is InChI=1S/C6H10O/c1-4(2)5-3-6(5)7/h4-5H,3H2,1-2H3. The average Bonchev–Trinajstić information content (AvgIpc) is 2.17. The maximum absolute atomic E-state index is 10.3. The predicted molar refractivity (Wildman–Crippen MR) is 28.0 cm³/mol. The zero-order valence-corrected chi connectivity index (χ0v) is 4.77. The molecule has 0 heterocycles. The van der Waals surface area contributed by atoms with E-state index in [4.69, 9.17) is 0 Å². The third kappa shape index (κ3) is 0.817. The van der Waals surface area contributed by atoms with Crippen LogP contribution >= 0.6 is 0 Å². The van der Waals surface area contributed by atoms with Gasteiger partial charge in [0.15, 0.2) is 0 Å². The Kier molecular flexibility index (Phi) is 0.911. The first-order valence-electron chi connectivity index (χ1n) is 2.74. The monoisotopic (exact) mass is 98.1 g/mol. The van der Waals surface area contributed by atoms with Crippen molar-refractivity contribution in [2.24, 2.45) is 11.8 Å². The van der Waals surface area contributed by atoms with Gasteiger partial charge in [-0.15, -0.1) is 0 Å². The van der Waals surface area contributed by atoms with Crippen LogP contribution in [0.4, 0.5) is 0 Å². The van der Waals surface area contributed by atoms with Crippen molar-refractivity contribution in [1.82, 2.24) is 0 Å². The van der Waals surface area contributed by atoms with E-state index < -0.39 is 0 Å². The molecule has 7 heavy (non-hydrogen) atoms. The van der Waals surface area contributed by atoms with Gasteiger partial charge in [-0.05, 0) is 5.92 Å². The van der Waals surface area contributed by atoms with Crippen LogP contribution in [0.3, 0.4) is 0 Å². The van der Waals surface area contributed by atoms with Crippen LogP contribution in [-0.2, 0) is 4.79 Å². The molecule has 0 aromatic carbocycles. The third-order valence-corrected chi connectivity index (χ3v) is 1.48. The number of rotatable bonds is 1. The van der Waals surface area contributed by atoms with E-state index in [-0.39, 0.29) is 0 Å². The molecule has 1 nitrogen and oxygen atoms in total. The van der Waals surface area contributed by atoms with Gasteiger partial charge in [0.1, 0.15) is 5.78 Å². The van der Waals surface area contributed by atoms with Crippen LogP contribution in [0.5, 0.6) is 0 Å². The summed E-state index contributed by atoms with van der Waals surface area (Å²) in [5, 5.41) is 0. The van der Waals surface area contributed by atoms with Gasteiger partial charge in [-0.25, -0.2) is 0 Å². The Morgan fingerprint density at radius 3 is 2.14 bits per heavy atom. The molecule has 1 atom stereocenters. The highest BCUT2D eigenvalue weighted by molar-refractivity contribution is 5.96. The zero-order chi connectivity index (χ0) is 5.44. The number of ketones is 1. The van der Waals surface area contributed by atoms with Crippen LogP contribution in [0.15, 0.2) is 0 Å². The summed E-state index contributed by atoms with van der Waals surface area (Å²) in [6.45, 7) is 4.19. The molecule has 1 fully saturated rings. The molecule has 0 aliphatic heterocycles. The lowest BCUT2D eigenvalue weighted by atomic mass is 10.1. The van der Waals surface area contributed by atoms with E-state index in [9.17, 15) is 4.79 Å². The molecule has 1 rings (SSSR count). The van der Waals surface area contributed by atoms with Crippen LogP contribution in [-0.4, -0.2) is 5.78 Å². The van der Waals surface area contributed by atoms with Crippen molar-refractivity contribution in [1.29, 1.82) is 0 Å². The predicted octanol–water partition coefficient (Wildman–Crippen LogP) is 1.23. The normalized spacial score (nSPS) is 29.0. The van der Waals surface area contributed by atoms with Gasteiger partial charge in [0.2, 0.25) is 0 Å². The van der Waals surface area contributed by atoms with Gasteiger partial charge >= 0.3 is 0 Å². The summed E-state index contributed by atoms with van der Waals surface area (Å²) < 4.78 is 0. The van der Waals surface area contributed by atoms with Crippen LogP contribution in [0.1, 0.15) is 20.3 Å². The van der Waals surface area contributed by atoms with E-state index in [1.54, 1.807) is 0 Å². The molecule has 1 aliphatic carbocycles. The fourth-order valence-corrected chi connectivity index (χ4v) is 0.765. The smallest absolute Gasteiger partial charge is 0.137 e. The highest BCUT2D eigenvalue weighted by atomic mass is 16.1. The second-order valence-corrected chi connectivity index (χ2v) is 2.52. The van der Waals surface area contributed by atoms with E-state index in [0.29, 0.717) is 17.6 Å². The van der Waals surface area contributed by atoms with E-state index in [0.717, 1.165) is 6.42 Å². The second-order valence-electron chi connectivity index (χ2n) is 2.52. The van der Waals surface area contributed by atoms with Gasteiger partial charge in [0, 0.05) is 12.3 Å². The SMILES string of the molecule is CC(C)C1CC1=O. The van der Waals surface area contributed by atoms with Crippen LogP contribution < -0.4 is 0 Å². The van der Waals surface area contributed by atoms with Crippen molar-refractivity contribution in [2.75, 3.05) is 0 Å². The van der Waals surface area contributed by atoms with Gasteiger partial charge in [-0.2, -0.15) is 0 Å². The van der Waals surface area contributed by atoms with Crippen molar-refractivity contribution >= 4 is 5.78 Å². The largest absolute Gasteiger partial charge is 0.299 e. The highest BCUT2D eigenvalue weighted by Crippen LogP contribution is 2.31. The summed E-state index contributed by atoms with van der Waals surface area (Å²) in [5.41, 5.74) is 0. The fraction of sp³-hybridized carbons (Fsp3) is 0.833. The molecule has 1 aliphatic rings. The van der Waals surface area contributed by atoms with Crippen LogP contribution in [0.2, 0.25) is 0 Å². The minimum atomic E-state index is 0.431. The number of Topliss-reactive ketones (excluding diaryl/α,β-unsaturated/α-hetero) is 1. The Morgan fingerprint density at radius 1 is 1.71 bits per heavy atom. The quantitative estimate of drug-likeness (QED) is 0.482. The van der Waals surface area contributed by atoms with Crippen LogP contribution in [0.25, 0.3) is 0 Å². The van der Waals surface area contributed by atoms with Crippen molar-refractivity contribution in [3.05, 3.63) is 0 Å². The lowest BCUT2D eigenvalue weighted by Crippen LogP contribution is -1.89. The summed E-state index contributed by atoms with van der Waals surface area (Å²) in [6, 6.07) is 0. The molecular formula is C6H10O. The Hall–Kier alpha value is -0.330. The minimum Gasteiger partial charge on any atom is -0.299 e. The van der Waals surface area contributed by atoms with Crippen LogP contribution in [0, 0.1) is 11.8 Å². The van der Waals surface area contributed by atoms with E-state index in [2.05, 4.69) is 13.8 Å². The van der Waals surface area contributed by atoms with Gasteiger partial charge in [0.25, 0.3) is 0 Å². The first-order valence-corrected chi connectivity index (χ1v) is 2.74. The van der Waals surface area contributed by atoms with Gasteiger partial charge in [-0.3, -0.25) is 4.79 Å². The van der Waals surface area contributed by atoms with Crippen molar-refractivity contribution in [2.45, 2.75) is 20.3 Å². The molecule has 0 spiro atoms. The summed E-state index contributed by atoms with van der Waals surface area (Å²) in [6.07, 6.45) is 0.845. The minimum absolute atomic E-state index is 0.431. The number of hydrogen-bond donors (Lipinski definition) is 0. The molecule has 0 N–H and O–H groups in total. The maximum Gasteiger partial charge on any atom is 0.137 e. The molecule has 1 unspecified atom stereocenters. The fourth-order valence-electron chi connectivity index (χ4n) is 0.765. The Morgan fingerprint density at radius 2 is 2.14 bits per heavy atom. The van der Waals surface area contributed by atoms with E-state index >= 15 is 0 Å². The molecular weight excluding hydrogens is 88.1 g/mol. The number of carbonyl (C=O) groups is 1. The van der Waals surface area contributed by atoms with E-state index in [1.807, 2.05) is 0 Å². The van der Waals surface area contributed by atoms with Crippen molar-refractivity contribution < 1.29 is 4.79 Å². The van der Waals surface area contributed by atoms with Gasteiger partial charge < -0.3 is 0 Å². The number of hydrogen-bond acceptors (Lipinski definition) is 1. The Balaban J connectivity index is 2.33. The maximum atomic E-state index is 10.3. The van der Waals surface area contributed by atoms with E-state index in [1.165, 1.54) is 0 Å². The molecule has 40 valence electrons. The molecule has 0 aromatic rings. The molecule has 0 saturated heterocycles. The lowest BCUT2D eigenvalue weighted by Gasteiger charge is -1.92. The molecule has 0 aromatic heterocycles. The summed E-state index contributed by atoms with van der Waals surface area (Å²) in [5.74, 6) is 1.47. The lowest BCUT2D eigenvalue weighted by molar-refractivity contribution is -0.111. The average molecular weight is 98.1 g/mol. The molecule has 0 radical (unpaired) electrons. The molecule has 1 heteroatoms.